The molecule has 1 rings (SSSR count). The Kier molecular flexibility index (Phi) is 5.54. The van der Waals surface area contributed by atoms with Crippen LogP contribution in [0.2, 0.25) is 0 Å². The maximum atomic E-state index is 12.4. The zero-order valence-electron chi connectivity index (χ0n) is 11.3. The Bertz CT molecular complexity index is 422. The van der Waals surface area contributed by atoms with Crippen LogP contribution in [0, 0.1) is 11.3 Å². The van der Waals surface area contributed by atoms with E-state index >= 15 is 0 Å². The lowest BCUT2D eigenvalue weighted by molar-refractivity contribution is 0.0800. The van der Waals surface area contributed by atoms with Crippen molar-refractivity contribution in [2.45, 2.75) is 38.8 Å². The van der Waals surface area contributed by atoms with Crippen molar-refractivity contribution in [3.63, 3.8) is 0 Å². The first kappa shape index (κ1) is 14.4. The van der Waals surface area contributed by atoms with Crippen molar-refractivity contribution in [1.29, 1.82) is 5.26 Å². The summed E-state index contributed by atoms with van der Waals surface area (Å²) >= 11 is 0. The predicted octanol–water partition coefficient (Wildman–Crippen LogP) is 2.88. The van der Waals surface area contributed by atoms with Crippen LogP contribution in [0.1, 0.15) is 37.0 Å². The molecule has 96 valence electrons. The number of Topliss-reactive ketones (excluding diaryl/α,β-unsaturated/α-hetero) is 1. The number of likely N-dealkylation sites (N-methyl/N-ethyl adjacent to an activating group) is 1. The normalized spacial score (nSPS) is 13.9. The van der Waals surface area contributed by atoms with Crippen molar-refractivity contribution >= 4 is 5.78 Å². The topological polar surface area (TPSA) is 44.1 Å². The molecule has 3 heteroatoms. The number of nitrogens with zero attached hydrogens (tertiary/aromatic N) is 2. The van der Waals surface area contributed by atoms with Gasteiger partial charge in [-0.25, -0.2) is 0 Å². The number of ketones is 1. The van der Waals surface area contributed by atoms with Gasteiger partial charge in [0.1, 0.15) is 0 Å². The molecule has 0 fully saturated rings. The van der Waals surface area contributed by atoms with Crippen LogP contribution in [0.15, 0.2) is 30.3 Å². The average Bonchev–Trinajstić information content (AvgIpc) is 2.40. The van der Waals surface area contributed by atoms with Crippen LogP contribution in [0.25, 0.3) is 0 Å². The molecule has 0 bridgehead atoms. The van der Waals surface area contributed by atoms with Crippen molar-refractivity contribution in [3.8, 4) is 6.07 Å². The fraction of sp³-hybridized carbons (Fsp3) is 0.467. The zero-order valence-corrected chi connectivity index (χ0v) is 11.3. The molecule has 1 aromatic carbocycles. The van der Waals surface area contributed by atoms with E-state index < -0.39 is 0 Å². The van der Waals surface area contributed by atoms with Crippen LogP contribution in [0.5, 0.6) is 0 Å². The minimum absolute atomic E-state index is 0.0904. The van der Waals surface area contributed by atoms with Gasteiger partial charge in [-0.05, 0) is 20.4 Å². The van der Waals surface area contributed by atoms with Crippen molar-refractivity contribution in [1.82, 2.24) is 4.90 Å². The number of carbonyl (C=O) groups excluding carboxylic acids is 1. The standard InChI is InChI=1S/C15H20N2O/c1-4-14(17(3)12(2)10-11-16)15(18)13-8-6-5-7-9-13/h5-9,12,14H,4,10H2,1-3H3. The summed E-state index contributed by atoms with van der Waals surface area (Å²) in [5, 5.41) is 8.73. The lowest BCUT2D eigenvalue weighted by Crippen LogP contribution is -2.43. The Morgan fingerprint density at radius 1 is 1.39 bits per heavy atom. The summed E-state index contributed by atoms with van der Waals surface area (Å²) in [4.78, 5) is 14.4. The first-order valence-corrected chi connectivity index (χ1v) is 6.30. The Balaban J connectivity index is 2.84. The van der Waals surface area contributed by atoms with E-state index in [1.54, 1.807) is 0 Å². The van der Waals surface area contributed by atoms with Gasteiger partial charge in [0, 0.05) is 11.6 Å². The Labute approximate surface area is 109 Å². The quantitative estimate of drug-likeness (QED) is 0.723. The van der Waals surface area contributed by atoms with E-state index in [4.69, 9.17) is 5.26 Å². The highest BCUT2D eigenvalue weighted by Gasteiger charge is 2.25. The van der Waals surface area contributed by atoms with Gasteiger partial charge in [-0.2, -0.15) is 5.26 Å². The van der Waals surface area contributed by atoms with Crippen LogP contribution in [-0.2, 0) is 0 Å². The van der Waals surface area contributed by atoms with E-state index in [9.17, 15) is 4.79 Å². The molecule has 0 spiro atoms. The minimum atomic E-state index is -0.157. The lowest BCUT2D eigenvalue weighted by atomic mass is 9.99. The molecule has 2 atom stereocenters. The molecule has 0 saturated heterocycles. The molecular weight excluding hydrogens is 224 g/mol. The molecule has 3 nitrogen and oxygen atoms in total. The molecule has 1 aromatic rings. The van der Waals surface area contributed by atoms with Gasteiger partial charge in [0.2, 0.25) is 0 Å². The molecule has 0 aliphatic carbocycles. The number of benzene rings is 1. The first-order valence-electron chi connectivity index (χ1n) is 6.30. The fourth-order valence-electron chi connectivity index (χ4n) is 2.04. The summed E-state index contributed by atoms with van der Waals surface area (Å²) in [5.41, 5.74) is 0.736. The second-order valence-electron chi connectivity index (χ2n) is 4.53. The number of carbonyl (C=O) groups is 1. The van der Waals surface area contributed by atoms with E-state index in [0.29, 0.717) is 6.42 Å². The molecule has 0 amide bonds. The molecule has 0 aromatic heterocycles. The summed E-state index contributed by atoms with van der Waals surface area (Å²) < 4.78 is 0. The van der Waals surface area contributed by atoms with Crippen molar-refractivity contribution < 1.29 is 4.79 Å². The second kappa shape index (κ2) is 6.93. The Morgan fingerprint density at radius 2 is 2.00 bits per heavy atom. The van der Waals surface area contributed by atoms with Gasteiger partial charge in [0.05, 0.1) is 18.5 Å². The molecule has 0 aliphatic rings. The number of hydrogen-bond acceptors (Lipinski definition) is 3. The van der Waals surface area contributed by atoms with Gasteiger partial charge in [0.15, 0.2) is 5.78 Å². The van der Waals surface area contributed by atoms with E-state index in [0.717, 1.165) is 12.0 Å². The zero-order chi connectivity index (χ0) is 13.5. The monoisotopic (exact) mass is 244 g/mol. The number of rotatable bonds is 6. The molecule has 18 heavy (non-hydrogen) atoms. The predicted molar refractivity (Wildman–Crippen MR) is 72.3 cm³/mol. The Hall–Kier alpha value is -1.66. The van der Waals surface area contributed by atoms with Gasteiger partial charge < -0.3 is 0 Å². The highest BCUT2D eigenvalue weighted by molar-refractivity contribution is 6.00. The molecule has 0 aliphatic heterocycles. The third kappa shape index (κ3) is 3.41. The van der Waals surface area contributed by atoms with Crippen LogP contribution >= 0.6 is 0 Å². The van der Waals surface area contributed by atoms with Gasteiger partial charge in [0.25, 0.3) is 0 Å². The van der Waals surface area contributed by atoms with Crippen molar-refractivity contribution in [3.05, 3.63) is 35.9 Å². The summed E-state index contributed by atoms with van der Waals surface area (Å²) in [6.07, 6.45) is 1.19. The highest BCUT2D eigenvalue weighted by Crippen LogP contribution is 2.14. The van der Waals surface area contributed by atoms with Crippen LogP contribution < -0.4 is 0 Å². The van der Waals surface area contributed by atoms with Crippen LogP contribution in [-0.4, -0.2) is 29.8 Å². The van der Waals surface area contributed by atoms with E-state index in [1.165, 1.54) is 0 Å². The molecule has 0 heterocycles. The maximum Gasteiger partial charge on any atom is 0.179 e. The minimum Gasteiger partial charge on any atom is -0.293 e. The van der Waals surface area contributed by atoms with Gasteiger partial charge >= 0.3 is 0 Å². The SMILES string of the molecule is CCC(C(=O)c1ccccc1)N(C)C(C)CC#N. The maximum absolute atomic E-state index is 12.4. The molecule has 0 radical (unpaired) electrons. The summed E-state index contributed by atoms with van der Waals surface area (Å²) in [6, 6.07) is 11.4. The van der Waals surface area contributed by atoms with E-state index in [-0.39, 0.29) is 17.9 Å². The first-order chi connectivity index (χ1) is 8.61. The summed E-state index contributed by atoms with van der Waals surface area (Å²) in [5.74, 6) is 0.130. The second-order valence-corrected chi connectivity index (χ2v) is 4.53. The Morgan fingerprint density at radius 3 is 2.50 bits per heavy atom. The van der Waals surface area contributed by atoms with Gasteiger partial charge in [-0.1, -0.05) is 37.3 Å². The molecular formula is C15H20N2O. The number of hydrogen-bond donors (Lipinski definition) is 0. The summed E-state index contributed by atoms with van der Waals surface area (Å²) in [7, 11) is 1.91. The molecule has 0 N–H and O–H groups in total. The van der Waals surface area contributed by atoms with E-state index in [1.807, 2.05) is 56.1 Å². The van der Waals surface area contributed by atoms with Gasteiger partial charge in [-0.3, -0.25) is 9.69 Å². The summed E-state index contributed by atoms with van der Waals surface area (Å²) in [6.45, 7) is 3.98. The average molecular weight is 244 g/mol. The van der Waals surface area contributed by atoms with Crippen molar-refractivity contribution in [2.75, 3.05) is 7.05 Å². The van der Waals surface area contributed by atoms with E-state index in [2.05, 4.69) is 6.07 Å². The smallest absolute Gasteiger partial charge is 0.179 e. The van der Waals surface area contributed by atoms with Gasteiger partial charge in [-0.15, -0.1) is 0 Å². The third-order valence-electron chi connectivity index (χ3n) is 3.32. The van der Waals surface area contributed by atoms with Crippen LogP contribution in [0.3, 0.4) is 0 Å². The third-order valence-corrected chi connectivity index (χ3v) is 3.32. The molecule has 2 unspecified atom stereocenters. The highest BCUT2D eigenvalue weighted by atomic mass is 16.1. The number of nitriles is 1. The van der Waals surface area contributed by atoms with Crippen molar-refractivity contribution in [2.24, 2.45) is 0 Å². The lowest BCUT2D eigenvalue weighted by Gasteiger charge is -2.30. The largest absolute Gasteiger partial charge is 0.293 e. The molecule has 0 saturated carbocycles. The fourth-order valence-corrected chi connectivity index (χ4v) is 2.04. The van der Waals surface area contributed by atoms with Crippen LogP contribution in [0.4, 0.5) is 0 Å².